The van der Waals surface area contributed by atoms with Gasteiger partial charge >= 0.3 is 11.1 Å². The van der Waals surface area contributed by atoms with E-state index in [1.54, 1.807) is 23.6 Å². The standard InChI is InChI=1S/C17H10ClN3O2S/c18-16(22)17(23)20-11-5-10-8-19-21-15(10)12(7-11)14-6-9-3-1-2-4-13(9)24-14/h1-8H,(H,19,21)(H,20,23). The minimum absolute atomic E-state index is 0.496. The molecule has 7 heteroatoms. The number of thiophene rings is 1. The summed E-state index contributed by atoms with van der Waals surface area (Å²) in [5.41, 5.74) is 2.27. The number of rotatable bonds is 3. The first-order valence-electron chi connectivity index (χ1n) is 7.09. The first-order chi connectivity index (χ1) is 11.6. The maximum Gasteiger partial charge on any atom is 0.310 e. The Balaban J connectivity index is 1.88. The fourth-order valence-electron chi connectivity index (χ4n) is 2.62. The highest BCUT2D eigenvalue weighted by Crippen LogP contribution is 2.38. The van der Waals surface area contributed by atoms with E-state index in [0.29, 0.717) is 5.69 Å². The summed E-state index contributed by atoms with van der Waals surface area (Å²) >= 11 is 6.87. The number of carbonyl (C=O) groups is 2. The SMILES string of the molecule is O=C(Cl)C(=O)Nc1cc(-c2cc3ccccc3s2)c2[nH]ncc2c1. The predicted octanol–water partition coefficient (Wildman–Crippen LogP) is 4.15. The Morgan fingerprint density at radius 1 is 1.12 bits per heavy atom. The zero-order valence-electron chi connectivity index (χ0n) is 12.2. The van der Waals surface area contributed by atoms with Crippen LogP contribution in [0.4, 0.5) is 5.69 Å². The zero-order chi connectivity index (χ0) is 16.7. The number of halogens is 1. The number of hydrogen-bond donors (Lipinski definition) is 2. The van der Waals surface area contributed by atoms with E-state index in [1.807, 2.05) is 18.2 Å². The number of anilines is 1. The van der Waals surface area contributed by atoms with Crippen LogP contribution >= 0.6 is 22.9 Å². The molecule has 2 aromatic carbocycles. The van der Waals surface area contributed by atoms with E-state index >= 15 is 0 Å². The van der Waals surface area contributed by atoms with Crippen molar-refractivity contribution in [2.75, 3.05) is 5.32 Å². The molecule has 0 saturated carbocycles. The van der Waals surface area contributed by atoms with Gasteiger partial charge in [-0.15, -0.1) is 11.3 Å². The molecule has 2 N–H and O–H groups in total. The smallest absolute Gasteiger partial charge is 0.310 e. The number of carbonyl (C=O) groups excluding carboxylic acids is 2. The predicted molar refractivity (Wildman–Crippen MR) is 96.4 cm³/mol. The number of benzene rings is 2. The number of fused-ring (bicyclic) bond motifs is 2. The van der Waals surface area contributed by atoms with Gasteiger partial charge in [-0.3, -0.25) is 14.7 Å². The minimum atomic E-state index is -1.05. The quantitative estimate of drug-likeness (QED) is 0.428. The molecule has 1 amide bonds. The molecule has 0 aliphatic heterocycles. The summed E-state index contributed by atoms with van der Waals surface area (Å²) in [5, 5.41) is 10.5. The fraction of sp³-hybridized carbons (Fsp3) is 0. The molecular formula is C17H10ClN3O2S. The van der Waals surface area contributed by atoms with Crippen LogP contribution < -0.4 is 5.32 Å². The third-order valence-corrected chi connectivity index (χ3v) is 5.00. The molecule has 0 saturated heterocycles. The van der Waals surface area contributed by atoms with Gasteiger partial charge in [0.25, 0.3) is 0 Å². The first-order valence-corrected chi connectivity index (χ1v) is 8.28. The molecule has 2 aromatic heterocycles. The van der Waals surface area contributed by atoms with Crippen molar-refractivity contribution >= 4 is 60.8 Å². The fourth-order valence-corrected chi connectivity index (χ4v) is 3.75. The molecule has 0 radical (unpaired) electrons. The summed E-state index contributed by atoms with van der Waals surface area (Å²) in [6.45, 7) is 0. The lowest BCUT2D eigenvalue weighted by Gasteiger charge is -2.06. The largest absolute Gasteiger partial charge is 0.318 e. The summed E-state index contributed by atoms with van der Waals surface area (Å²) in [6.07, 6.45) is 1.67. The summed E-state index contributed by atoms with van der Waals surface area (Å²) in [4.78, 5) is 23.6. The molecule has 5 nitrogen and oxygen atoms in total. The van der Waals surface area contributed by atoms with Crippen molar-refractivity contribution in [2.24, 2.45) is 0 Å². The van der Waals surface area contributed by atoms with Crippen molar-refractivity contribution in [1.29, 1.82) is 0 Å². The first kappa shape index (κ1) is 14.9. The lowest BCUT2D eigenvalue weighted by molar-refractivity contribution is -0.130. The molecule has 0 atom stereocenters. The van der Waals surface area contributed by atoms with Crippen molar-refractivity contribution in [2.45, 2.75) is 0 Å². The molecule has 0 spiro atoms. The van der Waals surface area contributed by atoms with E-state index < -0.39 is 11.1 Å². The van der Waals surface area contributed by atoms with Crippen LogP contribution in [0.2, 0.25) is 0 Å². The van der Waals surface area contributed by atoms with Crippen LogP contribution in [0.15, 0.2) is 48.7 Å². The number of aromatic nitrogens is 2. The average Bonchev–Trinajstić information content (AvgIpc) is 3.20. The third kappa shape index (κ3) is 2.55. The Labute approximate surface area is 145 Å². The van der Waals surface area contributed by atoms with Crippen molar-refractivity contribution in [3.8, 4) is 10.4 Å². The van der Waals surface area contributed by atoms with E-state index in [4.69, 9.17) is 11.6 Å². The van der Waals surface area contributed by atoms with Crippen LogP contribution in [0.1, 0.15) is 0 Å². The maximum atomic E-state index is 11.6. The molecule has 0 unspecified atom stereocenters. The number of hydrogen-bond acceptors (Lipinski definition) is 4. The summed E-state index contributed by atoms with van der Waals surface area (Å²) in [5.74, 6) is -0.859. The maximum absolute atomic E-state index is 11.6. The van der Waals surface area contributed by atoms with E-state index in [-0.39, 0.29) is 0 Å². The molecule has 24 heavy (non-hydrogen) atoms. The van der Waals surface area contributed by atoms with Crippen LogP contribution in [-0.2, 0) is 9.59 Å². The molecule has 2 heterocycles. The van der Waals surface area contributed by atoms with Crippen LogP contribution in [-0.4, -0.2) is 21.3 Å². The van der Waals surface area contributed by atoms with Crippen LogP contribution in [0.3, 0.4) is 0 Å². The van der Waals surface area contributed by atoms with Gasteiger partial charge in [0.15, 0.2) is 0 Å². The van der Waals surface area contributed by atoms with Gasteiger partial charge in [-0.05, 0) is 41.3 Å². The second-order valence-corrected chi connectivity index (χ2v) is 6.66. The van der Waals surface area contributed by atoms with Gasteiger partial charge in [0, 0.05) is 26.2 Å². The Morgan fingerprint density at radius 3 is 2.75 bits per heavy atom. The topological polar surface area (TPSA) is 74.8 Å². The van der Waals surface area contributed by atoms with E-state index in [2.05, 4.69) is 33.7 Å². The van der Waals surface area contributed by atoms with E-state index in [0.717, 1.165) is 26.7 Å². The number of aromatic amines is 1. The monoisotopic (exact) mass is 355 g/mol. The molecule has 4 aromatic rings. The molecule has 0 aliphatic rings. The lowest BCUT2D eigenvalue weighted by atomic mass is 10.1. The van der Waals surface area contributed by atoms with Crippen LogP contribution in [0.25, 0.3) is 31.4 Å². The highest BCUT2D eigenvalue weighted by Gasteiger charge is 2.15. The average molecular weight is 356 g/mol. The van der Waals surface area contributed by atoms with E-state index in [9.17, 15) is 9.59 Å². The van der Waals surface area contributed by atoms with Crippen LogP contribution in [0, 0.1) is 0 Å². The van der Waals surface area contributed by atoms with Gasteiger partial charge < -0.3 is 5.32 Å². The molecule has 0 fully saturated rings. The summed E-state index contributed by atoms with van der Waals surface area (Å²) < 4.78 is 1.17. The Morgan fingerprint density at radius 2 is 1.96 bits per heavy atom. The number of amides is 1. The number of nitrogens with one attached hydrogen (secondary N) is 2. The Bertz CT molecular complexity index is 1070. The molecule has 0 aliphatic carbocycles. The summed E-state index contributed by atoms with van der Waals surface area (Å²) in [7, 11) is 0. The van der Waals surface area contributed by atoms with Gasteiger partial charge in [0.1, 0.15) is 0 Å². The van der Waals surface area contributed by atoms with Crippen molar-refractivity contribution in [3.63, 3.8) is 0 Å². The van der Waals surface area contributed by atoms with E-state index in [1.165, 1.54) is 4.70 Å². The summed E-state index contributed by atoms with van der Waals surface area (Å²) in [6, 6.07) is 13.7. The number of H-pyrrole nitrogens is 1. The second kappa shape index (κ2) is 5.74. The normalized spacial score (nSPS) is 11.0. The van der Waals surface area contributed by atoms with Gasteiger partial charge in [-0.2, -0.15) is 5.10 Å². The highest BCUT2D eigenvalue weighted by molar-refractivity contribution is 7.22. The number of nitrogens with zero attached hydrogens (tertiary/aromatic N) is 1. The van der Waals surface area contributed by atoms with Gasteiger partial charge in [-0.1, -0.05) is 18.2 Å². The van der Waals surface area contributed by atoms with Gasteiger partial charge in [-0.25, -0.2) is 0 Å². The molecular weight excluding hydrogens is 346 g/mol. The molecule has 118 valence electrons. The lowest BCUT2D eigenvalue weighted by Crippen LogP contribution is -2.17. The zero-order valence-corrected chi connectivity index (χ0v) is 13.7. The Hall–Kier alpha value is -2.70. The minimum Gasteiger partial charge on any atom is -0.318 e. The molecule has 4 rings (SSSR count). The van der Waals surface area contributed by atoms with Crippen LogP contribution in [0.5, 0.6) is 0 Å². The molecule has 0 bridgehead atoms. The van der Waals surface area contributed by atoms with Gasteiger partial charge in [0.2, 0.25) is 0 Å². The van der Waals surface area contributed by atoms with Crippen molar-refractivity contribution in [1.82, 2.24) is 10.2 Å². The third-order valence-electron chi connectivity index (χ3n) is 3.68. The Kier molecular flexibility index (Phi) is 3.55. The van der Waals surface area contributed by atoms with Crippen molar-refractivity contribution < 1.29 is 9.59 Å². The van der Waals surface area contributed by atoms with Gasteiger partial charge in [0.05, 0.1) is 11.7 Å². The van der Waals surface area contributed by atoms with Crippen molar-refractivity contribution in [3.05, 3.63) is 48.7 Å². The highest BCUT2D eigenvalue weighted by atomic mass is 35.5. The second-order valence-electron chi connectivity index (χ2n) is 5.23.